The number of aromatic nitrogens is 1. The van der Waals surface area contributed by atoms with E-state index in [9.17, 15) is 19.7 Å². The summed E-state index contributed by atoms with van der Waals surface area (Å²) in [5, 5.41) is 17.6. The van der Waals surface area contributed by atoms with Crippen molar-refractivity contribution in [2.24, 2.45) is 5.92 Å². The molecule has 4 atom stereocenters. The number of pyridine rings is 1. The first-order chi connectivity index (χ1) is 14.9. The standard InChI is InChI=1S/C20H22N6O4S/c1-24-17-15(19(27)25(2)20(24)28)18(31-11-12-5-4-8-21-10-12)23-16(22-17)13-6-3-7-14(9-13)26(29)30/h3-10,15-18,22-23H,11H2,1-2H3. The first-order valence-corrected chi connectivity index (χ1v) is 10.7. The number of nitro benzene ring substituents is 1. The minimum Gasteiger partial charge on any atom is -0.311 e. The van der Waals surface area contributed by atoms with E-state index in [0.717, 1.165) is 10.5 Å². The Morgan fingerprint density at radius 3 is 2.71 bits per heavy atom. The molecule has 2 saturated heterocycles. The van der Waals surface area contributed by atoms with Gasteiger partial charge in [-0.05, 0) is 17.2 Å². The predicted molar refractivity (Wildman–Crippen MR) is 115 cm³/mol. The van der Waals surface area contributed by atoms with Crippen molar-refractivity contribution in [1.82, 2.24) is 25.4 Å². The molecule has 0 aliphatic carbocycles. The predicted octanol–water partition coefficient (Wildman–Crippen LogP) is 1.91. The zero-order chi connectivity index (χ0) is 22.1. The number of carbonyl (C=O) groups is 2. The summed E-state index contributed by atoms with van der Waals surface area (Å²) in [4.78, 5) is 43.1. The van der Waals surface area contributed by atoms with Gasteiger partial charge in [-0.1, -0.05) is 18.2 Å². The number of thioether (sulfide) groups is 1. The molecule has 4 rings (SSSR count). The van der Waals surface area contributed by atoms with Crippen molar-refractivity contribution in [3.63, 3.8) is 0 Å². The van der Waals surface area contributed by atoms with Crippen molar-refractivity contribution in [2.45, 2.75) is 23.5 Å². The van der Waals surface area contributed by atoms with Crippen molar-refractivity contribution in [3.05, 3.63) is 70.0 Å². The van der Waals surface area contributed by atoms with Crippen LogP contribution in [0.4, 0.5) is 10.5 Å². The lowest BCUT2D eigenvalue weighted by atomic mass is 9.96. The lowest BCUT2D eigenvalue weighted by Gasteiger charge is -2.50. The van der Waals surface area contributed by atoms with Gasteiger partial charge in [-0.2, -0.15) is 0 Å². The Kier molecular flexibility index (Phi) is 5.90. The molecule has 3 amide bonds. The van der Waals surface area contributed by atoms with Crippen LogP contribution in [0.1, 0.15) is 17.3 Å². The van der Waals surface area contributed by atoms with Crippen molar-refractivity contribution in [2.75, 3.05) is 14.1 Å². The van der Waals surface area contributed by atoms with Gasteiger partial charge in [0.05, 0.1) is 28.5 Å². The summed E-state index contributed by atoms with van der Waals surface area (Å²) in [6.45, 7) is 0. The molecule has 2 aliphatic heterocycles. The van der Waals surface area contributed by atoms with Crippen molar-refractivity contribution < 1.29 is 14.5 Å². The number of amides is 3. The number of nitrogens with one attached hydrogen (secondary N) is 2. The zero-order valence-electron chi connectivity index (χ0n) is 17.0. The number of rotatable bonds is 5. The SMILES string of the molecule is CN1C(=O)C2C(SCc3cccnc3)NC(c3cccc([N+](=O)[O-])c3)NC2N(C)C1=O. The minimum absolute atomic E-state index is 0.0216. The quantitative estimate of drug-likeness (QED) is 0.532. The molecule has 10 nitrogen and oxygen atoms in total. The van der Waals surface area contributed by atoms with E-state index < -0.39 is 29.2 Å². The Bertz CT molecular complexity index is 1010. The van der Waals surface area contributed by atoms with Crippen LogP contribution >= 0.6 is 11.8 Å². The average Bonchev–Trinajstić information content (AvgIpc) is 2.80. The highest BCUT2D eigenvalue weighted by molar-refractivity contribution is 7.99. The third kappa shape index (κ3) is 4.11. The highest BCUT2D eigenvalue weighted by Crippen LogP contribution is 2.35. The molecule has 0 spiro atoms. The molecule has 31 heavy (non-hydrogen) atoms. The smallest absolute Gasteiger partial charge is 0.311 e. The molecule has 11 heteroatoms. The molecular weight excluding hydrogens is 420 g/mol. The lowest BCUT2D eigenvalue weighted by molar-refractivity contribution is -0.384. The van der Waals surface area contributed by atoms with Crippen LogP contribution in [0.25, 0.3) is 0 Å². The fraction of sp³-hybridized carbons (Fsp3) is 0.350. The van der Waals surface area contributed by atoms with Gasteiger partial charge >= 0.3 is 6.03 Å². The number of imide groups is 1. The monoisotopic (exact) mass is 442 g/mol. The fourth-order valence-corrected chi connectivity index (χ4v) is 5.13. The second kappa shape index (κ2) is 8.61. The fourth-order valence-electron chi connectivity index (χ4n) is 3.88. The van der Waals surface area contributed by atoms with E-state index in [0.29, 0.717) is 11.3 Å². The number of nitro groups is 1. The molecule has 2 N–H and O–H groups in total. The van der Waals surface area contributed by atoms with Crippen LogP contribution < -0.4 is 10.6 Å². The van der Waals surface area contributed by atoms with E-state index in [1.165, 1.54) is 24.1 Å². The summed E-state index contributed by atoms with van der Waals surface area (Å²) >= 11 is 1.54. The van der Waals surface area contributed by atoms with Gasteiger partial charge < -0.3 is 4.90 Å². The molecule has 0 bridgehead atoms. The van der Waals surface area contributed by atoms with Crippen LogP contribution in [0.3, 0.4) is 0 Å². The molecule has 0 saturated carbocycles. The number of hydrogen-bond acceptors (Lipinski definition) is 8. The van der Waals surface area contributed by atoms with E-state index in [1.807, 2.05) is 12.1 Å². The second-order valence-electron chi connectivity index (χ2n) is 7.47. The summed E-state index contributed by atoms with van der Waals surface area (Å²) in [5.74, 6) is -0.177. The first-order valence-electron chi connectivity index (χ1n) is 9.68. The maximum absolute atomic E-state index is 13.0. The Morgan fingerprint density at radius 2 is 2.00 bits per heavy atom. The van der Waals surface area contributed by atoms with Crippen LogP contribution in [0.15, 0.2) is 48.8 Å². The molecule has 1 aromatic carbocycles. The van der Waals surface area contributed by atoms with Crippen LogP contribution in [-0.2, 0) is 10.5 Å². The molecular formula is C20H22N6O4S. The molecule has 3 heterocycles. The van der Waals surface area contributed by atoms with Gasteiger partial charge in [0.1, 0.15) is 0 Å². The molecule has 162 valence electrons. The number of carbonyl (C=O) groups excluding carboxylic acids is 2. The Hall–Kier alpha value is -3.02. The molecule has 2 aliphatic rings. The number of urea groups is 1. The van der Waals surface area contributed by atoms with E-state index >= 15 is 0 Å². The summed E-state index contributed by atoms with van der Waals surface area (Å²) < 4.78 is 0. The highest BCUT2D eigenvalue weighted by atomic mass is 32.2. The average molecular weight is 443 g/mol. The molecule has 0 radical (unpaired) electrons. The Morgan fingerprint density at radius 1 is 1.19 bits per heavy atom. The van der Waals surface area contributed by atoms with Gasteiger partial charge in [0.15, 0.2) is 0 Å². The molecule has 2 aromatic rings. The number of fused-ring (bicyclic) bond motifs is 1. The highest BCUT2D eigenvalue weighted by Gasteiger charge is 2.51. The van der Waals surface area contributed by atoms with Crippen LogP contribution in [0.2, 0.25) is 0 Å². The second-order valence-corrected chi connectivity index (χ2v) is 8.60. The summed E-state index contributed by atoms with van der Waals surface area (Å²) in [6.07, 6.45) is 2.45. The van der Waals surface area contributed by atoms with Crippen molar-refractivity contribution in [3.8, 4) is 0 Å². The topological polar surface area (TPSA) is 121 Å². The normalized spacial score (nSPS) is 26.0. The van der Waals surface area contributed by atoms with Crippen molar-refractivity contribution >= 4 is 29.4 Å². The summed E-state index contributed by atoms with van der Waals surface area (Å²) in [7, 11) is 3.13. The molecule has 1 aromatic heterocycles. The molecule has 2 fully saturated rings. The number of non-ortho nitro benzene ring substituents is 1. The van der Waals surface area contributed by atoms with Gasteiger partial charge in [-0.3, -0.25) is 35.4 Å². The van der Waals surface area contributed by atoms with Crippen LogP contribution in [0.5, 0.6) is 0 Å². The van der Waals surface area contributed by atoms with Gasteiger partial charge in [0.25, 0.3) is 5.69 Å². The van der Waals surface area contributed by atoms with E-state index in [-0.39, 0.29) is 17.0 Å². The third-order valence-corrected chi connectivity index (χ3v) is 6.81. The van der Waals surface area contributed by atoms with Crippen molar-refractivity contribution in [1.29, 1.82) is 0 Å². The van der Waals surface area contributed by atoms with Gasteiger partial charge in [-0.25, -0.2) is 4.79 Å². The van der Waals surface area contributed by atoms with E-state index in [2.05, 4.69) is 15.6 Å². The lowest BCUT2D eigenvalue weighted by Crippen LogP contribution is -2.72. The zero-order valence-corrected chi connectivity index (χ0v) is 17.8. The maximum Gasteiger partial charge on any atom is 0.327 e. The third-order valence-electron chi connectivity index (χ3n) is 5.52. The van der Waals surface area contributed by atoms with Gasteiger partial charge in [-0.15, -0.1) is 11.8 Å². The van der Waals surface area contributed by atoms with Gasteiger partial charge in [0, 0.05) is 44.4 Å². The summed E-state index contributed by atoms with van der Waals surface area (Å²) in [6, 6.07) is 9.74. The van der Waals surface area contributed by atoms with Gasteiger partial charge in [0.2, 0.25) is 5.91 Å². The Balaban J connectivity index is 1.64. The summed E-state index contributed by atoms with van der Waals surface area (Å²) in [5.41, 5.74) is 1.65. The largest absolute Gasteiger partial charge is 0.327 e. The van der Waals surface area contributed by atoms with Crippen LogP contribution in [0, 0.1) is 16.0 Å². The van der Waals surface area contributed by atoms with Crippen LogP contribution in [-0.4, -0.2) is 57.3 Å². The molecule has 4 unspecified atom stereocenters. The van der Waals surface area contributed by atoms with E-state index in [1.54, 1.807) is 43.3 Å². The number of benzene rings is 1. The first kappa shape index (κ1) is 21.2. The van der Waals surface area contributed by atoms with E-state index in [4.69, 9.17) is 0 Å². The number of nitrogens with zero attached hydrogens (tertiary/aromatic N) is 4. The Labute approximate surface area is 183 Å². The minimum atomic E-state index is -0.548. The number of hydrogen-bond donors (Lipinski definition) is 2. The maximum atomic E-state index is 13.0.